The standard InChI is InChI=1S/C9H16O3/c1-3-6-4-11-9-7(10-2)5-12-8(6)9/h6-9H,3-5H2,1-2H3/t6-,7-,8-,9-/m0/s1. The Morgan fingerprint density at radius 1 is 1.25 bits per heavy atom. The minimum atomic E-state index is 0.159. The molecule has 0 aliphatic carbocycles. The fourth-order valence-corrected chi connectivity index (χ4v) is 2.10. The second-order valence-electron chi connectivity index (χ2n) is 3.54. The van der Waals surface area contributed by atoms with Gasteiger partial charge in [-0.05, 0) is 6.42 Å². The van der Waals surface area contributed by atoms with Crippen LogP contribution in [0.3, 0.4) is 0 Å². The van der Waals surface area contributed by atoms with Gasteiger partial charge in [0, 0.05) is 13.0 Å². The lowest BCUT2D eigenvalue weighted by atomic mass is 9.99. The van der Waals surface area contributed by atoms with E-state index >= 15 is 0 Å². The fraction of sp³-hybridized carbons (Fsp3) is 1.00. The minimum absolute atomic E-state index is 0.159. The molecule has 2 aliphatic rings. The highest BCUT2D eigenvalue weighted by atomic mass is 16.6. The number of ether oxygens (including phenoxy) is 3. The Balaban J connectivity index is 2.01. The molecule has 3 heteroatoms. The van der Waals surface area contributed by atoms with Gasteiger partial charge in [0.15, 0.2) is 0 Å². The maximum atomic E-state index is 5.63. The molecule has 0 bridgehead atoms. The molecule has 4 atom stereocenters. The highest BCUT2D eigenvalue weighted by Crippen LogP contribution is 2.33. The van der Waals surface area contributed by atoms with Crippen LogP contribution in [0, 0.1) is 5.92 Å². The number of hydrogen-bond acceptors (Lipinski definition) is 3. The van der Waals surface area contributed by atoms with Crippen molar-refractivity contribution >= 4 is 0 Å². The molecule has 0 saturated carbocycles. The van der Waals surface area contributed by atoms with Gasteiger partial charge in [0.25, 0.3) is 0 Å². The summed E-state index contributed by atoms with van der Waals surface area (Å²) >= 11 is 0. The first-order chi connectivity index (χ1) is 5.86. The summed E-state index contributed by atoms with van der Waals surface area (Å²) in [6.07, 6.45) is 1.78. The van der Waals surface area contributed by atoms with Crippen molar-refractivity contribution in [1.29, 1.82) is 0 Å². The lowest BCUT2D eigenvalue weighted by Crippen LogP contribution is -2.30. The van der Waals surface area contributed by atoms with Gasteiger partial charge in [-0.2, -0.15) is 0 Å². The van der Waals surface area contributed by atoms with Gasteiger partial charge in [0.05, 0.1) is 19.3 Å². The number of rotatable bonds is 2. The van der Waals surface area contributed by atoms with Gasteiger partial charge in [-0.1, -0.05) is 6.92 Å². The summed E-state index contributed by atoms with van der Waals surface area (Å²) in [6.45, 7) is 3.72. The van der Waals surface area contributed by atoms with Crippen molar-refractivity contribution in [3.63, 3.8) is 0 Å². The molecule has 0 aromatic rings. The largest absolute Gasteiger partial charge is 0.376 e. The van der Waals surface area contributed by atoms with Gasteiger partial charge in [-0.25, -0.2) is 0 Å². The zero-order valence-electron chi connectivity index (χ0n) is 7.66. The quantitative estimate of drug-likeness (QED) is 0.617. The van der Waals surface area contributed by atoms with Crippen LogP contribution in [0.1, 0.15) is 13.3 Å². The Morgan fingerprint density at radius 2 is 2.00 bits per heavy atom. The molecule has 0 N–H and O–H groups in total. The molecule has 70 valence electrons. The monoisotopic (exact) mass is 172 g/mol. The van der Waals surface area contributed by atoms with E-state index in [1.807, 2.05) is 0 Å². The maximum Gasteiger partial charge on any atom is 0.112 e. The van der Waals surface area contributed by atoms with Gasteiger partial charge < -0.3 is 14.2 Å². The topological polar surface area (TPSA) is 27.7 Å². The molecule has 0 radical (unpaired) electrons. The molecule has 2 aliphatic heterocycles. The van der Waals surface area contributed by atoms with Crippen LogP contribution in [0.25, 0.3) is 0 Å². The van der Waals surface area contributed by atoms with Crippen molar-refractivity contribution in [3.05, 3.63) is 0 Å². The average Bonchev–Trinajstić information content (AvgIpc) is 2.62. The van der Waals surface area contributed by atoms with Crippen LogP contribution in [0.2, 0.25) is 0 Å². The third-order valence-corrected chi connectivity index (χ3v) is 2.94. The molecule has 2 saturated heterocycles. The van der Waals surface area contributed by atoms with E-state index in [1.165, 1.54) is 0 Å². The van der Waals surface area contributed by atoms with Crippen molar-refractivity contribution < 1.29 is 14.2 Å². The van der Waals surface area contributed by atoms with Crippen molar-refractivity contribution in [2.75, 3.05) is 20.3 Å². The lowest BCUT2D eigenvalue weighted by Gasteiger charge is -2.14. The summed E-state index contributed by atoms with van der Waals surface area (Å²) < 4.78 is 16.5. The van der Waals surface area contributed by atoms with Crippen molar-refractivity contribution in [2.45, 2.75) is 31.7 Å². The summed E-state index contributed by atoms with van der Waals surface area (Å²) in [5.41, 5.74) is 0. The van der Waals surface area contributed by atoms with E-state index in [9.17, 15) is 0 Å². The van der Waals surface area contributed by atoms with Gasteiger partial charge in [-0.3, -0.25) is 0 Å². The SMILES string of the molecule is CC[C@H]1CO[C@@H]2[C@H]1OC[C@@H]2OC. The molecule has 0 spiro atoms. The summed E-state index contributed by atoms with van der Waals surface area (Å²) in [5.74, 6) is 0.579. The summed E-state index contributed by atoms with van der Waals surface area (Å²) in [7, 11) is 1.72. The summed E-state index contributed by atoms with van der Waals surface area (Å²) in [5, 5.41) is 0. The molecular weight excluding hydrogens is 156 g/mol. The highest BCUT2D eigenvalue weighted by molar-refractivity contribution is 4.94. The van der Waals surface area contributed by atoms with Crippen LogP contribution in [0.15, 0.2) is 0 Å². The summed E-state index contributed by atoms with van der Waals surface area (Å²) in [4.78, 5) is 0. The lowest BCUT2D eigenvalue weighted by molar-refractivity contribution is -0.00923. The Hall–Kier alpha value is -0.120. The third kappa shape index (κ3) is 1.16. The first-order valence-electron chi connectivity index (χ1n) is 4.62. The normalized spacial score (nSPS) is 46.5. The van der Waals surface area contributed by atoms with E-state index in [4.69, 9.17) is 14.2 Å². The van der Waals surface area contributed by atoms with E-state index in [-0.39, 0.29) is 12.2 Å². The van der Waals surface area contributed by atoms with Crippen molar-refractivity contribution in [3.8, 4) is 0 Å². The molecule has 12 heavy (non-hydrogen) atoms. The molecule has 3 nitrogen and oxygen atoms in total. The van der Waals surface area contributed by atoms with Crippen LogP contribution in [0.5, 0.6) is 0 Å². The third-order valence-electron chi connectivity index (χ3n) is 2.94. The predicted molar refractivity (Wildman–Crippen MR) is 44.1 cm³/mol. The molecule has 0 amide bonds. The molecule has 2 rings (SSSR count). The number of fused-ring (bicyclic) bond motifs is 1. The molecule has 0 aromatic carbocycles. The first-order valence-corrected chi connectivity index (χ1v) is 4.62. The first kappa shape index (κ1) is 8.48. The van der Waals surface area contributed by atoms with Crippen LogP contribution < -0.4 is 0 Å². The van der Waals surface area contributed by atoms with Crippen molar-refractivity contribution in [1.82, 2.24) is 0 Å². The van der Waals surface area contributed by atoms with Crippen molar-refractivity contribution in [2.24, 2.45) is 5.92 Å². The zero-order chi connectivity index (χ0) is 8.55. The van der Waals surface area contributed by atoms with E-state index in [0.29, 0.717) is 18.6 Å². The second kappa shape index (κ2) is 3.32. The van der Waals surface area contributed by atoms with Crippen LogP contribution >= 0.6 is 0 Å². The predicted octanol–water partition coefficient (Wildman–Crippen LogP) is 0.825. The number of methoxy groups -OCH3 is 1. The molecule has 2 fully saturated rings. The maximum absolute atomic E-state index is 5.63. The van der Waals surface area contributed by atoms with Gasteiger partial charge >= 0.3 is 0 Å². The Bertz CT molecular complexity index is 142. The average molecular weight is 172 g/mol. The van der Waals surface area contributed by atoms with Crippen LogP contribution in [-0.2, 0) is 14.2 Å². The van der Waals surface area contributed by atoms with Crippen LogP contribution in [0.4, 0.5) is 0 Å². The van der Waals surface area contributed by atoms with E-state index in [2.05, 4.69) is 6.92 Å². The zero-order valence-corrected chi connectivity index (χ0v) is 7.66. The number of hydrogen-bond donors (Lipinski definition) is 0. The van der Waals surface area contributed by atoms with Gasteiger partial charge in [0.2, 0.25) is 0 Å². The molecule has 0 unspecified atom stereocenters. The van der Waals surface area contributed by atoms with E-state index in [1.54, 1.807) is 7.11 Å². The van der Waals surface area contributed by atoms with Gasteiger partial charge in [0.1, 0.15) is 12.2 Å². The Labute approximate surface area is 73.0 Å². The molecular formula is C9H16O3. The summed E-state index contributed by atoms with van der Waals surface area (Å²) in [6, 6.07) is 0. The second-order valence-corrected chi connectivity index (χ2v) is 3.54. The Kier molecular flexibility index (Phi) is 2.35. The highest BCUT2D eigenvalue weighted by Gasteiger charge is 2.46. The van der Waals surface area contributed by atoms with E-state index < -0.39 is 0 Å². The minimum Gasteiger partial charge on any atom is -0.376 e. The fourth-order valence-electron chi connectivity index (χ4n) is 2.10. The van der Waals surface area contributed by atoms with E-state index in [0.717, 1.165) is 13.0 Å². The van der Waals surface area contributed by atoms with Gasteiger partial charge in [-0.15, -0.1) is 0 Å². The van der Waals surface area contributed by atoms with Crippen LogP contribution in [-0.4, -0.2) is 38.6 Å². The molecule has 2 heterocycles. The smallest absolute Gasteiger partial charge is 0.112 e. The molecule has 0 aromatic heterocycles. The Morgan fingerprint density at radius 3 is 2.67 bits per heavy atom.